The van der Waals surface area contributed by atoms with Crippen LogP contribution in [0.25, 0.3) is 5.57 Å². The second-order valence-corrected chi connectivity index (χ2v) is 7.70. The molecule has 0 radical (unpaired) electrons. The zero-order valence-electron chi connectivity index (χ0n) is 17.3. The normalized spacial score (nSPS) is 17.1. The summed E-state index contributed by atoms with van der Waals surface area (Å²) in [5.74, 6) is 0.309. The fourth-order valence-corrected chi connectivity index (χ4v) is 3.99. The highest BCUT2D eigenvalue weighted by molar-refractivity contribution is 6.35. The van der Waals surface area contributed by atoms with Gasteiger partial charge in [-0.3, -0.25) is 19.5 Å². The van der Waals surface area contributed by atoms with Crippen molar-refractivity contribution in [3.63, 3.8) is 0 Å². The summed E-state index contributed by atoms with van der Waals surface area (Å²) in [4.78, 5) is 34.3. The maximum Gasteiger partial charge on any atom is 0.278 e. The van der Waals surface area contributed by atoms with Crippen LogP contribution < -0.4 is 4.74 Å². The van der Waals surface area contributed by atoms with Gasteiger partial charge in [0.2, 0.25) is 0 Å². The molecule has 0 N–H and O–H groups in total. The summed E-state index contributed by atoms with van der Waals surface area (Å²) in [6.45, 7) is 4.54. The highest BCUT2D eigenvalue weighted by Gasteiger charge is 2.41. The monoisotopic (exact) mass is 405 g/mol. The van der Waals surface area contributed by atoms with Gasteiger partial charge in [0, 0.05) is 25.5 Å². The van der Waals surface area contributed by atoms with Gasteiger partial charge >= 0.3 is 0 Å². The van der Waals surface area contributed by atoms with Crippen molar-refractivity contribution in [2.45, 2.75) is 39.2 Å². The van der Waals surface area contributed by atoms with Crippen LogP contribution in [0.15, 0.2) is 54.5 Å². The zero-order valence-corrected chi connectivity index (χ0v) is 17.3. The van der Waals surface area contributed by atoms with Gasteiger partial charge in [-0.15, -0.1) is 0 Å². The van der Waals surface area contributed by atoms with Crippen LogP contribution in [0.1, 0.15) is 43.7 Å². The quantitative estimate of drug-likeness (QED) is 0.658. The number of benzene rings is 1. The van der Waals surface area contributed by atoms with Crippen LogP contribution in [0.5, 0.6) is 5.75 Å². The van der Waals surface area contributed by atoms with Crippen molar-refractivity contribution in [1.82, 2.24) is 14.8 Å². The molecule has 156 valence electrons. The average molecular weight is 405 g/mol. The number of ether oxygens (including phenoxy) is 1. The van der Waals surface area contributed by atoms with Gasteiger partial charge in [-0.05, 0) is 55.0 Å². The molecule has 6 nitrogen and oxygen atoms in total. The Kier molecular flexibility index (Phi) is 6.12. The number of imide groups is 1. The zero-order chi connectivity index (χ0) is 20.9. The van der Waals surface area contributed by atoms with Gasteiger partial charge in [0.1, 0.15) is 11.4 Å². The number of carbonyl (C=O) groups excluding carboxylic acids is 2. The Morgan fingerprint density at radius 1 is 1.00 bits per heavy atom. The minimum Gasteiger partial charge on any atom is -0.494 e. The van der Waals surface area contributed by atoms with Crippen LogP contribution in [0, 0.1) is 0 Å². The molecule has 1 aromatic carbocycles. The van der Waals surface area contributed by atoms with Gasteiger partial charge in [0.05, 0.1) is 18.7 Å². The van der Waals surface area contributed by atoms with Crippen molar-refractivity contribution in [3.05, 3.63) is 65.6 Å². The van der Waals surface area contributed by atoms with Crippen LogP contribution in [0.3, 0.4) is 0 Å². The summed E-state index contributed by atoms with van der Waals surface area (Å²) >= 11 is 0. The second-order valence-electron chi connectivity index (χ2n) is 7.70. The topological polar surface area (TPSA) is 62.7 Å². The molecule has 0 unspecified atom stereocenters. The van der Waals surface area contributed by atoms with Crippen molar-refractivity contribution in [3.8, 4) is 5.75 Å². The summed E-state index contributed by atoms with van der Waals surface area (Å²) in [6, 6.07) is 11.2. The summed E-state index contributed by atoms with van der Waals surface area (Å²) < 4.78 is 5.67. The third-order valence-corrected chi connectivity index (χ3v) is 5.50. The van der Waals surface area contributed by atoms with Crippen molar-refractivity contribution < 1.29 is 14.3 Å². The number of rotatable bonds is 7. The number of likely N-dealkylation sites (tertiary alicyclic amines) is 1. The molecule has 2 amide bonds. The largest absolute Gasteiger partial charge is 0.494 e. The molecule has 30 heavy (non-hydrogen) atoms. The van der Waals surface area contributed by atoms with E-state index in [1.54, 1.807) is 12.4 Å². The summed E-state index contributed by atoms with van der Waals surface area (Å²) in [7, 11) is 0. The van der Waals surface area contributed by atoms with Crippen molar-refractivity contribution >= 4 is 17.4 Å². The molecular weight excluding hydrogens is 378 g/mol. The predicted molar refractivity (Wildman–Crippen MR) is 114 cm³/mol. The molecular formula is C24H27N3O3. The number of piperidine rings is 1. The molecule has 0 atom stereocenters. The Balaban J connectivity index is 1.67. The molecule has 0 spiro atoms. The van der Waals surface area contributed by atoms with Crippen LogP contribution >= 0.6 is 0 Å². The lowest BCUT2D eigenvalue weighted by atomic mass is 10.0. The highest BCUT2D eigenvalue weighted by Crippen LogP contribution is 2.34. The van der Waals surface area contributed by atoms with E-state index >= 15 is 0 Å². The molecule has 2 aliphatic rings. The van der Waals surface area contributed by atoms with E-state index in [0.29, 0.717) is 17.9 Å². The molecule has 3 heterocycles. The molecule has 2 aliphatic heterocycles. The van der Waals surface area contributed by atoms with Gasteiger partial charge in [-0.2, -0.15) is 0 Å². The third-order valence-electron chi connectivity index (χ3n) is 5.50. The minimum absolute atomic E-state index is 0.216. The van der Waals surface area contributed by atoms with Gasteiger partial charge in [-0.25, -0.2) is 0 Å². The van der Waals surface area contributed by atoms with Gasteiger partial charge < -0.3 is 9.64 Å². The van der Waals surface area contributed by atoms with E-state index in [0.717, 1.165) is 55.6 Å². The number of pyridine rings is 1. The van der Waals surface area contributed by atoms with Crippen molar-refractivity contribution in [1.29, 1.82) is 0 Å². The average Bonchev–Trinajstić information content (AvgIpc) is 3.04. The van der Waals surface area contributed by atoms with E-state index in [2.05, 4.69) is 16.8 Å². The molecule has 0 bridgehead atoms. The van der Waals surface area contributed by atoms with Crippen molar-refractivity contribution in [2.75, 3.05) is 19.7 Å². The smallest absolute Gasteiger partial charge is 0.278 e. The Morgan fingerprint density at radius 2 is 1.77 bits per heavy atom. The number of hydrogen-bond acceptors (Lipinski definition) is 5. The number of amides is 2. The standard InChI is InChI=1S/C24H27N3O3/c1-2-15-30-20-10-8-19(9-11-20)21-22(26-13-4-3-5-14-26)24(29)27(23(21)28)17-18-7-6-12-25-16-18/h6-12,16H,2-5,13-15,17H2,1H3. The third kappa shape index (κ3) is 4.08. The van der Waals surface area contributed by atoms with Crippen LogP contribution in [-0.4, -0.2) is 46.3 Å². The van der Waals surface area contributed by atoms with Crippen LogP contribution in [0.2, 0.25) is 0 Å². The number of carbonyl (C=O) groups is 2. The van der Waals surface area contributed by atoms with E-state index in [1.807, 2.05) is 36.4 Å². The van der Waals surface area contributed by atoms with Gasteiger partial charge in [-0.1, -0.05) is 25.1 Å². The fourth-order valence-electron chi connectivity index (χ4n) is 3.99. The van der Waals surface area contributed by atoms with E-state index in [9.17, 15) is 9.59 Å². The van der Waals surface area contributed by atoms with Crippen LogP contribution in [0.4, 0.5) is 0 Å². The maximum absolute atomic E-state index is 13.4. The first-order valence-electron chi connectivity index (χ1n) is 10.7. The maximum atomic E-state index is 13.4. The molecule has 6 heteroatoms. The Hall–Kier alpha value is -3.15. The lowest BCUT2D eigenvalue weighted by Crippen LogP contribution is -2.36. The minimum atomic E-state index is -0.244. The first kappa shape index (κ1) is 20.1. The van der Waals surface area contributed by atoms with E-state index < -0.39 is 0 Å². The van der Waals surface area contributed by atoms with Crippen molar-refractivity contribution in [2.24, 2.45) is 0 Å². The van der Waals surface area contributed by atoms with E-state index in [4.69, 9.17) is 4.74 Å². The lowest BCUT2D eigenvalue weighted by Gasteiger charge is -2.29. The van der Waals surface area contributed by atoms with Gasteiger partial charge in [0.25, 0.3) is 11.8 Å². The summed E-state index contributed by atoms with van der Waals surface area (Å²) in [5.41, 5.74) is 2.62. The molecule has 0 aliphatic carbocycles. The molecule has 0 saturated carbocycles. The molecule has 2 aromatic rings. The predicted octanol–water partition coefficient (Wildman–Crippen LogP) is 3.64. The summed E-state index contributed by atoms with van der Waals surface area (Å²) in [5, 5.41) is 0. The van der Waals surface area contributed by atoms with E-state index in [-0.39, 0.29) is 18.4 Å². The first-order chi connectivity index (χ1) is 14.7. The first-order valence-corrected chi connectivity index (χ1v) is 10.7. The highest BCUT2D eigenvalue weighted by atomic mass is 16.5. The summed E-state index contributed by atoms with van der Waals surface area (Å²) in [6.07, 6.45) is 7.53. The lowest BCUT2D eigenvalue weighted by molar-refractivity contribution is -0.138. The Bertz CT molecular complexity index is 932. The second kappa shape index (κ2) is 9.11. The molecule has 1 aromatic heterocycles. The number of aromatic nitrogens is 1. The Morgan fingerprint density at radius 3 is 2.43 bits per heavy atom. The molecule has 1 fully saturated rings. The van der Waals surface area contributed by atoms with Gasteiger partial charge in [0.15, 0.2) is 0 Å². The Labute approximate surface area is 177 Å². The van der Waals surface area contributed by atoms with E-state index in [1.165, 1.54) is 4.90 Å². The molecule has 1 saturated heterocycles. The van der Waals surface area contributed by atoms with Crippen LogP contribution in [-0.2, 0) is 16.1 Å². The SMILES string of the molecule is CCCOc1ccc(C2=C(N3CCCCC3)C(=O)N(Cc3cccnc3)C2=O)cc1. The number of hydrogen-bond donors (Lipinski definition) is 0. The molecule has 4 rings (SSSR count). The fraction of sp³-hybridized carbons (Fsp3) is 0.375. The number of nitrogens with zero attached hydrogens (tertiary/aromatic N) is 3.